The molecule has 0 bridgehead atoms. The molecule has 204 valence electrons. The van der Waals surface area contributed by atoms with Gasteiger partial charge in [-0.2, -0.15) is 0 Å². The lowest BCUT2D eigenvalue weighted by Crippen LogP contribution is -2.76. The predicted octanol–water partition coefficient (Wildman–Crippen LogP) is 3.38. The average Bonchev–Trinajstić information content (AvgIpc) is 2.91. The van der Waals surface area contributed by atoms with Crippen LogP contribution in [0.3, 0.4) is 0 Å². The molecule has 2 aliphatic heterocycles. The van der Waals surface area contributed by atoms with Crippen LogP contribution in [0.25, 0.3) is 0 Å². The van der Waals surface area contributed by atoms with Crippen LogP contribution in [-0.4, -0.2) is 77.1 Å². The van der Waals surface area contributed by atoms with Gasteiger partial charge < -0.3 is 19.9 Å². The minimum atomic E-state index is -0.709. The first-order valence-corrected chi connectivity index (χ1v) is 12.9. The van der Waals surface area contributed by atoms with Crippen LogP contribution in [0, 0.1) is 11.7 Å². The molecule has 4 rings (SSSR count). The summed E-state index contributed by atoms with van der Waals surface area (Å²) in [5, 5.41) is 6.10. The third-order valence-corrected chi connectivity index (χ3v) is 7.63. The number of benzene rings is 2. The summed E-state index contributed by atoms with van der Waals surface area (Å²) >= 11 is 0. The number of methoxy groups -OCH3 is 1. The lowest BCUT2D eigenvalue weighted by Gasteiger charge is -2.56. The van der Waals surface area contributed by atoms with Crippen LogP contribution in [0.5, 0.6) is 5.75 Å². The fraction of sp³-hybridized carbons (Fsp3) is 0.464. The van der Waals surface area contributed by atoms with Gasteiger partial charge in [-0.15, -0.1) is 0 Å². The number of ether oxygens (including phenoxy) is 1. The van der Waals surface area contributed by atoms with Crippen molar-refractivity contribution in [3.05, 3.63) is 65.5 Å². The number of nitrogens with one attached hydrogen (secondary N) is 1. The molecule has 2 aliphatic rings. The van der Waals surface area contributed by atoms with E-state index in [2.05, 4.69) is 5.32 Å². The van der Waals surface area contributed by atoms with Crippen LogP contribution in [0.1, 0.15) is 44.4 Å². The summed E-state index contributed by atoms with van der Waals surface area (Å²) in [6, 6.07) is 12.0. The van der Waals surface area contributed by atoms with Crippen molar-refractivity contribution in [2.75, 3.05) is 27.2 Å². The fourth-order valence-electron chi connectivity index (χ4n) is 5.23. The Hall–Kier alpha value is -3.66. The first-order valence-electron chi connectivity index (χ1n) is 12.9. The summed E-state index contributed by atoms with van der Waals surface area (Å²) in [5.74, 6) is -0.102. The number of amides is 4. The minimum Gasteiger partial charge on any atom is -0.497 e. The predicted molar refractivity (Wildman–Crippen MR) is 140 cm³/mol. The number of rotatable bonds is 7. The van der Waals surface area contributed by atoms with E-state index in [0.29, 0.717) is 6.42 Å². The van der Waals surface area contributed by atoms with Crippen molar-refractivity contribution < 1.29 is 23.5 Å². The lowest BCUT2D eigenvalue weighted by atomic mass is 9.91. The van der Waals surface area contributed by atoms with Crippen molar-refractivity contribution in [1.82, 2.24) is 25.1 Å². The summed E-state index contributed by atoms with van der Waals surface area (Å²) in [4.78, 5) is 44.0. The van der Waals surface area contributed by atoms with Gasteiger partial charge in [-0.1, -0.05) is 44.5 Å². The number of hydrazine groups is 1. The van der Waals surface area contributed by atoms with E-state index in [1.54, 1.807) is 41.1 Å². The van der Waals surface area contributed by atoms with Gasteiger partial charge in [0.05, 0.1) is 26.2 Å². The monoisotopic (exact) mass is 525 g/mol. The molecule has 0 saturated carbocycles. The molecule has 2 aromatic carbocycles. The van der Waals surface area contributed by atoms with Crippen LogP contribution in [-0.2, 0) is 16.1 Å². The number of carbonyl (C=O) groups excluding carboxylic acids is 3. The maximum absolute atomic E-state index is 13.8. The van der Waals surface area contributed by atoms with Crippen LogP contribution in [0.15, 0.2) is 48.5 Å². The Kier molecular flexibility index (Phi) is 8.20. The second-order valence-electron chi connectivity index (χ2n) is 10.00. The van der Waals surface area contributed by atoms with Crippen molar-refractivity contribution in [2.45, 2.75) is 52.0 Å². The highest BCUT2D eigenvalue weighted by Crippen LogP contribution is 2.34. The Morgan fingerprint density at radius 2 is 1.76 bits per heavy atom. The minimum absolute atomic E-state index is 0.0137. The van der Waals surface area contributed by atoms with Crippen LogP contribution in [0.2, 0.25) is 0 Å². The number of piperazine rings is 1. The Morgan fingerprint density at radius 1 is 1.11 bits per heavy atom. The van der Waals surface area contributed by atoms with E-state index in [1.807, 2.05) is 45.0 Å². The second-order valence-corrected chi connectivity index (χ2v) is 10.00. The first kappa shape index (κ1) is 27.4. The molecule has 4 unspecified atom stereocenters. The molecule has 0 aliphatic carbocycles. The highest BCUT2D eigenvalue weighted by Gasteiger charge is 2.52. The van der Waals surface area contributed by atoms with Gasteiger partial charge in [0.1, 0.15) is 23.8 Å². The molecule has 2 fully saturated rings. The summed E-state index contributed by atoms with van der Waals surface area (Å²) in [7, 11) is 3.29. The molecule has 0 spiro atoms. The van der Waals surface area contributed by atoms with Gasteiger partial charge in [-0.05, 0) is 48.2 Å². The van der Waals surface area contributed by atoms with Crippen LogP contribution >= 0.6 is 0 Å². The van der Waals surface area contributed by atoms with Crippen LogP contribution in [0.4, 0.5) is 9.18 Å². The maximum atomic E-state index is 13.8. The topological polar surface area (TPSA) is 85.4 Å². The molecular formula is C28H36FN5O4. The SMILES string of the molecule is CCC(C)C1C(=O)N(C(C)c2ccc(F)cc2)CC2N1C(=O)CN(C)N2C(=O)NCc1ccc(OC)cc1. The molecular weight excluding hydrogens is 489 g/mol. The molecule has 4 atom stereocenters. The van der Waals surface area contributed by atoms with Crippen molar-refractivity contribution in [3.8, 4) is 5.75 Å². The second kappa shape index (κ2) is 11.4. The molecule has 2 saturated heterocycles. The smallest absolute Gasteiger partial charge is 0.334 e. The number of carbonyl (C=O) groups is 3. The Morgan fingerprint density at radius 3 is 2.37 bits per heavy atom. The zero-order valence-corrected chi connectivity index (χ0v) is 22.6. The van der Waals surface area contributed by atoms with E-state index in [0.717, 1.165) is 16.9 Å². The number of halogens is 1. The Balaban J connectivity index is 1.63. The average molecular weight is 526 g/mol. The van der Waals surface area contributed by atoms with Gasteiger partial charge in [0, 0.05) is 13.6 Å². The van der Waals surface area contributed by atoms with Gasteiger partial charge in [0.15, 0.2) is 0 Å². The Bertz CT molecular complexity index is 1160. The van der Waals surface area contributed by atoms with Gasteiger partial charge >= 0.3 is 6.03 Å². The lowest BCUT2D eigenvalue weighted by molar-refractivity contribution is -0.192. The van der Waals surface area contributed by atoms with Gasteiger partial charge in [0.2, 0.25) is 11.8 Å². The van der Waals surface area contributed by atoms with E-state index >= 15 is 0 Å². The van der Waals surface area contributed by atoms with Crippen molar-refractivity contribution in [1.29, 1.82) is 0 Å². The number of hydrogen-bond acceptors (Lipinski definition) is 5. The molecule has 10 heteroatoms. The number of nitrogens with zero attached hydrogens (tertiary/aromatic N) is 4. The molecule has 0 aromatic heterocycles. The maximum Gasteiger partial charge on any atom is 0.334 e. The third-order valence-electron chi connectivity index (χ3n) is 7.63. The summed E-state index contributed by atoms with van der Waals surface area (Å²) in [6.45, 7) is 6.23. The highest BCUT2D eigenvalue weighted by molar-refractivity contribution is 5.92. The highest BCUT2D eigenvalue weighted by atomic mass is 19.1. The van der Waals surface area contributed by atoms with E-state index in [4.69, 9.17) is 4.74 Å². The third kappa shape index (κ3) is 5.31. The quantitative estimate of drug-likeness (QED) is 0.599. The first-order chi connectivity index (χ1) is 18.2. The number of urea groups is 1. The van der Waals surface area contributed by atoms with Crippen molar-refractivity contribution >= 4 is 17.8 Å². The largest absolute Gasteiger partial charge is 0.497 e. The van der Waals surface area contributed by atoms with Crippen molar-refractivity contribution in [3.63, 3.8) is 0 Å². The van der Waals surface area contributed by atoms with E-state index in [9.17, 15) is 18.8 Å². The molecule has 38 heavy (non-hydrogen) atoms. The molecule has 2 aromatic rings. The van der Waals surface area contributed by atoms with Gasteiger partial charge in [0.25, 0.3) is 0 Å². The molecule has 9 nitrogen and oxygen atoms in total. The molecule has 0 radical (unpaired) electrons. The van der Waals surface area contributed by atoms with E-state index < -0.39 is 12.2 Å². The number of likely N-dealkylation sites (N-methyl/N-ethyl adjacent to an activating group) is 1. The van der Waals surface area contributed by atoms with Crippen molar-refractivity contribution in [2.24, 2.45) is 5.92 Å². The molecule has 2 heterocycles. The standard InChI is InChI=1S/C28H36FN5O4/c1-6-18(2)26-27(36)32(19(3)21-9-11-22(29)12-10-21)16-24-33(26)25(35)17-31(4)34(24)28(37)30-15-20-7-13-23(38-5)14-8-20/h7-14,18-19,24,26H,6,15-17H2,1-5H3,(H,30,37). The summed E-state index contributed by atoms with van der Waals surface area (Å²) in [5.41, 5.74) is 1.68. The zero-order chi connectivity index (χ0) is 27.6. The van der Waals surface area contributed by atoms with Crippen LogP contribution < -0.4 is 10.1 Å². The van der Waals surface area contributed by atoms with E-state index in [-0.39, 0.29) is 55.3 Å². The summed E-state index contributed by atoms with van der Waals surface area (Å²) < 4.78 is 18.8. The zero-order valence-electron chi connectivity index (χ0n) is 22.6. The van der Waals surface area contributed by atoms with Gasteiger partial charge in [-0.25, -0.2) is 19.2 Å². The summed E-state index contributed by atoms with van der Waals surface area (Å²) in [6.07, 6.45) is 0.00210. The normalized spacial score (nSPS) is 21.7. The van der Waals surface area contributed by atoms with E-state index in [1.165, 1.54) is 17.1 Å². The number of fused-ring (bicyclic) bond motifs is 1. The van der Waals surface area contributed by atoms with Gasteiger partial charge in [-0.3, -0.25) is 9.59 Å². The number of hydrogen-bond donors (Lipinski definition) is 1. The molecule has 1 N–H and O–H groups in total. The fourth-order valence-corrected chi connectivity index (χ4v) is 5.23. The Labute approximate surface area is 223 Å². The molecule has 4 amide bonds.